The molecule has 0 unspecified atom stereocenters. The fourth-order valence-electron chi connectivity index (χ4n) is 3.68. The Morgan fingerprint density at radius 3 is 2.43 bits per heavy atom. The Labute approximate surface area is 167 Å². The quantitative estimate of drug-likeness (QED) is 0.618. The monoisotopic (exact) mass is 391 g/mol. The lowest BCUT2D eigenvalue weighted by Crippen LogP contribution is -2.22. The summed E-state index contributed by atoms with van der Waals surface area (Å²) in [5.74, 6) is -1.19. The molecular weight excluding hydrogens is 370 g/mol. The summed E-state index contributed by atoms with van der Waals surface area (Å²) < 4.78 is 0. The average Bonchev–Trinajstić information content (AvgIpc) is 3.03. The molecule has 0 spiro atoms. The van der Waals surface area contributed by atoms with Crippen molar-refractivity contribution in [3.63, 3.8) is 0 Å². The second-order valence-corrected chi connectivity index (χ2v) is 8.42. The molecule has 1 aromatic heterocycles. The fourth-order valence-corrected chi connectivity index (χ4v) is 4.93. The Morgan fingerprint density at radius 2 is 1.79 bits per heavy atom. The van der Waals surface area contributed by atoms with E-state index in [4.69, 9.17) is 0 Å². The Morgan fingerprint density at radius 1 is 1.07 bits per heavy atom. The van der Waals surface area contributed by atoms with Gasteiger partial charge in [-0.15, -0.1) is 11.3 Å². The molecule has 0 aliphatic carbocycles. The Hall–Kier alpha value is -2.92. The molecule has 4 rings (SSSR count). The van der Waals surface area contributed by atoms with Crippen molar-refractivity contribution in [1.29, 1.82) is 0 Å². The molecular formula is C23H21NO3S. The zero-order chi connectivity index (χ0) is 20.0. The van der Waals surface area contributed by atoms with Crippen molar-refractivity contribution in [2.24, 2.45) is 0 Å². The number of amides is 1. The largest absolute Gasteiger partial charge is 0.477 e. The Kier molecular flexibility index (Phi) is 4.55. The van der Waals surface area contributed by atoms with E-state index in [0.29, 0.717) is 17.7 Å². The van der Waals surface area contributed by atoms with E-state index in [-0.39, 0.29) is 16.7 Å². The van der Waals surface area contributed by atoms with Crippen LogP contribution in [0.1, 0.15) is 49.1 Å². The number of fused-ring (bicyclic) bond motifs is 1. The van der Waals surface area contributed by atoms with Crippen molar-refractivity contribution < 1.29 is 14.7 Å². The highest BCUT2D eigenvalue weighted by Crippen LogP contribution is 2.49. The Balaban J connectivity index is 1.93. The minimum atomic E-state index is -0.969. The Bertz CT molecular complexity index is 1100. The summed E-state index contributed by atoms with van der Waals surface area (Å²) in [6.07, 6.45) is 0.322. The van der Waals surface area contributed by atoms with Gasteiger partial charge in [-0.1, -0.05) is 48.0 Å². The molecule has 1 aliphatic rings. The predicted octanol–water partition coefficient (Wildman–Crippen LogP) is 5.51. The molecule has 0 fully saturated rings. The van der Waals surface area contributed by atoms with Crippen molar-refractivity contribution in [2.45, 2.75) is 33.1 Å². The molecule has 0 saturated carbocycles. The number of thiophene rings is 1. The minimum Gasteiger partial charge on any atom is -0.477 e. The molecule has 0 bridgehead atoms. The van der Waals surface area contributed by atoms with Crippen LogP contribution in [0.4, 0.5) is 5.69 Å². The number of aromatic carboxylic acids is 1. The number of carboxylic acid groups (broad SMARTS) is 1. The lowest BCUT2D eigenvalue weighted by molar-refractivity contribution is -0.116. The summed E-state index contributed by atoms with van der Waals surface area (Å²) in [7, 11) is 0. The van der Waals surface area contributed by atoms with Crippen LogP contribution in [0.3, 0.4) is 0 Å². The number of nitrogens with one attached hydrogen (secondary N) is 1. The van der Waals surface area contributed by atoms with E-state index in [1.54, 1.807) is 0 Å². The van der Waals surface area contributed by atoms with Crippen LogP contribution in [0.25, 0.3) is 11.1 Å². The first-order valence-corrected chi connectivity index (χ1v) is 10.0. The number of anilines is 1. The third-order valence-electron chi connectivity index (χ3n) is 5.37. The first-order valence-electron chi connectivity index (χ1n) is 9.19. The normalized spacial score (nSPS) is 15.8. The van der Waals surface area contributed by atoms with Gasteiger partial charge in [0.15, 0.2) is 0 Å². The molecule has 0 saturated heterocycles. The van der Waals surface area contributed by atoms with Crippen molar-refractivity contribution in [3.05, 3.63) is 74.5 Å². The maximum Gasteiger partial charge on any atom is 0.346 e. The van der Waals surface area contributed by atoms with Crippen molar-refractivity contribution in [1.82, 2.24) is 0 Å². The first kappa shape index (κ1) is 18.4. The number of rotatable bonds is 3. The molecule has 2 heterocycles. The molecule has 1 atom stereocenters. The van der Waals surface area contributed by atoms with E-state index in [9.17, 15) is 14.7 Å². The third kappa shape index (κ3) is 3.12. The minimum absolute atomic E-state index is 0.0844. The van der Waals surface area contributed by atoms with Crippen LogP contribution in [0.15, 0.2) is 42.5 Å². The standard InChI is InChI=1S/C23H21NO3S/c1-12-4-7-15(8-5-12)19-20-21(28-22(19)23(26)27)17(11-18(25)24-20)16-9-6-13(2)14(3)10-16/h4-10,17H,11H2,1-3H3,(H,24,25)(H,26,27)/t17-/m0/s1. The zero-order valence-corrected chi connectivity index (χ0v) is 16.8. The van der Waals surface area contributed by atoms with Gasteiger partial charge in [-0.3, -0.25) is 4.79 Å². The second kappa shape index (κ2) is 6.91. The molecule has 0 radical (unpaired) electrons. The van der Waals surface area contributed by atoms with E-state index >= 15 is 0 Å². The van der Waals surface area contributed by atoms with Crippen molar-refractivity contribution in [2.75, 3.05) is 5.32 Å². The van der Waals surface area contributed by atoms with Crippen LogP contribution in [0, 0.1) is 20.8 Å². The molecule has 1 aliphatic heterocycles. The van der Waals surface area contributed by atoms with Crippen molar-refractivity contribution >= 4 is 28.9 Å². The summed E-state index contributed by atoms with van der Waals surface area (Å²) in [5.41, 5.74) is 6.57. The van der Waals surface area contributed by atoms with Gasteiger partial charge in [0.25, 0.3) is 0 Å². The zero-order valence-electron chi connectivity index (χ0n) is 16.0. The fraction of sp³-hybridized carbons (Fsp3) is 0.217. The highest BCUT2D eigenvalue weighted by Gasteiger charge is 2.34. The highest BCUT2D eigenvalue weighted by atomic mass is 32.1. The average molecular weight is 391 g/mol. The molecule has 1 amide bonds. The van der Waals surface area contributed by atoms with Gasteiger partial charge in [0.2, 0.25) is 5.91 Å². The van der Waals surface area contributed by atoms with Gasteiger partial charge in [-0.25, -0.2) is 4.79 Å². The predicted molar refractivity (Wildman–Crippen MR) is 112 cm³/mol. The van der Waals surface area contributed by atoms with E-state index in [0.717, 1.165) is 21.6 Å². The number of carbonyl (C=O) groups is 2. The number of carboxylic acids is 1. The molecule has 28 heavy (non-hydrogen) atoms. The van der Waals surface area contributed by atoms with Crippen LogP contribution in [0.5, 0.6) is 0 Å². The number of carbonyl (C=O) groups excluding carboxylic acids is 1. The first-order chi connectivity index (χ1) is 13.3. The summed E-state index contributed by atoms with van der Waals surface area (Å²) >= 11 is 1.27. The molecule has 142 valence electrons. The third-order valence-corrected chi connectivity index (χ3v) is 6.67. The van der Waals surface area contributed by atoms with Gasteiger partial charge >= 0.3 is 5.97 Å². The molecule has 5 heteroatoms. The van der Waals surface area contributed by atoms with Crippen LogP contribution < -0.4 is 5.32 Å². The van der Waals surface area contributed by atoms with Crippen LogP contribution in [-0.2, 0) is 4.79 Å². The topological polar surface area (TPSA) is 66.4 Å². The molecule has 2 N–H and O–H groups in total. The molecule has 4 nitrogen and oxygen atoms in total. The van der Waals surface area contributed by atoms with E-state index in [1.165, 1.54) is 22.5 Å². The van der Waals surface area contributed by atoms with Gasteiger partial charge in [0.1, 0.15) is 4.88 Å². The van der Waals surface area contributed by atoms with E-state index in [1.807, 2.05) is 37.3 Å². The number of benzene rings is 2. The second-order valence-electron chi connectivity index (χ2n) is 7.37. The van der Waals surface area contributed by atoms with Gasteiger partial charge in [0, 0.05) is 22.8 Å². The van der Waals surface area contributed by atoms with Crippen LogP contribution in [0.2, 0.25) is 0 Å². The van der Waals surface area contributed by atoms with E-state index < -0.39 is 5.97 Å². The highest BCUT2D eigenvalue weighted by molar-refractivity contribution is 7.15. The van der Waals surface area contributed by atoms with Gasteiger partial charge in [-0.2, -0.15) is 0 Å². The maximum atomic E-state index is 12.5. The molecule has 3 aromatic rings. The van der Waals surface area contributed by atoms with Gasteiger partial charge < -0.3 is 10.4 Å². The number of hydrogen-bond donors (Lipinski definition) is 2. The van der Waals surface area contributed by atoms with Crippen LogP contribution in [-0.4, -0.2) is 17.0 Å². The van der Waals surface area contributed by atoms with E-state index in [2.05, 4.69) is 31.3 Å². The summed E-state index contributed by atoms with van der Waals surface area (Å²) in [5, 5.41) is 12.8. The smallest absolute Gasteiger partial charge is 0.346 e. The van der Waals surface area contributed by atoms with Gasteiger partial charge in [0.05, 0.1) is 5.69 Å². The summed E-state index contributed by atoms with van der Waals surface area (Å²) in [4.78, 5) is 25.7. The summed E-state index contributed by atoms with van der Waals surface area (Å²) in [6, 6.07) is 13.9. The summed E-state index contributed by atoms with van der Waals surface area (Å²) in [6.45, 7) is 6.10. The number of hydrogen-bond acceptors (Lipinski definition) is 3. The number of aryl methyl sites for hydroxylation is 3. The van der Waals surface area contributed by atoms with Crippen molar-refractivity contribution in [3.8, 4) is 11.1 Å². The lowest BCUT2D eigenvalue weighted by Gasteiger charge is -2.24. The van der Waals surface area contributed by atoms with Crippen LogP contribution >= 0.6 is 11.3 Å². The maximum absolute atomic E-state index is 12.5. The van der Waals surface area contributed by atoms with Gasteiger partial charge in [-0.05, 0) is 43.0 Å². The molecule has 2 aromatic carbocycles. The SMILES string of the molecule is Cc1ccc(-c2c(C(=O)O)sc3c2NC(=O)C[C@H]3c2ccc(C)c(C)c2)cc1. The lowest BCUT2D eigenvalue weighted by atomic mass is 9.87.